The lowest BCUT2D eigenvalue weighted by molar-refractivity contribution is -0.125. The summed E-state index contributed by atoms with van der Waals surface area (Å²) < 4.78 is 41.3. The van der Waals surface area contributed by atoms with Crippen LogP contribution in [0.3, 0.4) is 0 Å². The topological polar surface area (TPSA) is 38.3 Å². The molecular formula is C11H14F3NO2. The Morgan fingerprint density at radius 2 is 2.18 bits per heavy atom. The molecule has 3 nitrogen and oxygen atoms in total. The van der Waals surface area contributed by atoms with Gasteiger partial charge in [-0.3, -0.25) is 0 Å². The molecule has 0 radical (unpaired) electrons. The molecule has 6 heteroatoms. The number of rotatable bonds is 3. The number of alkyl carbamates (subject to hydrolysis) is 1. The Labute approximate surface area is 97.3 Å². The molecule has 1 aliphatic rings. The fraction of sp³-hybridized carbons (Fsp3) is 0.545. The third-order valence-electron chi connectivity index (χ3n) is 2.29. The highest BCUT2D eigenvalue weighted by Gasteiger charge is 2.33. The summed E-state index contributed by atoms with van der Waals surface area (Å²) in [6.07, 6.45) is -2.39. The summed E-state index contributed by atoms with van der Waals surface area (Å²) >= 11 is 0. The number of allylic oxidation sites excluding steroid dienone is 2. The second kappa shape index (κ2) is 5.25. The van der Waals surface area contributed by atoms with Crippen molar-refractivity contribution in [3.05, 3.63) is 23.8 Å². The van der Waals surface area contributed by atoms with Gasteiger partial charge < -0.3 is 10.1 Å². The normalized spacial score (nSPS) is 26.2. The maximum atomic E-state index is 12.1. The quantitative estimate of drug-likeness (QED) is 0.781. The zero-order valence-electron chi connectivity index (χ0n) is 9.54. The first-order chi connectivity index (χ1) is 7.83. The van der Waals surface area contributed by atoms with E-state index in [0.717, 1.165) is 6.08 Å². The van der Waals surface area contributed by atoms with Gasteiger partial charge >= 0.3 is 12.3 Å². The van der Waals surface area contributed by atoms with E-state index in [9.17, 15) is 18.0 Å². The van der Waals surface area contributed by atoms with Crippen molar-refractivity contribution < 1.29 is 22.7 Å². The lowest BCUT2D eigenvalue weighted by Gasteiger charge is -2.14. The van der Waals surface area contributed by atoms with Crippen molar-refractivity contribution >= 4 is 6.09 Å². The average molecular weight is 249 g/mol. The van der Waals surface area contributed by atoms with E-state index in [2.05, 4.69) is 5.32 Å². The maximum absolute atomic E-state index is 12.1. The van der Waals surface area contributed by atoms with Crippen LogP contribution < -0.4 is 5.32 Å². The van der Waals surface area contributed by atoms with Gasteiger partial charge in [-0.15, -0.1) is 0 Å². The number of alkyl halides is 3. The Kier molecular flexibility index (Phi) is 4.20. The van der Waals surface area contributed by atoms with Gasteiger partial charge in [0.05, 0.1) is 12.5 Å². The maximum Gasteiger partial charge on any atom is 0.408 e. The molecule has 96 valence electrons. The molecule has 0 aromatic rings. The van der Waals surface area contributed by atoms with Crippen LogP contribution >= 0.6 is 0 Å². The Morgan fingerprint density at radius 1 is 1.53 bits per heavy atom. The van der Waals surface area contributed by atoms with Crippen molar-refractivity contribution in [2.75, 3.05) is 0 Å². The summed E-state index contributed by atoms with van der Waals surface area (Å²) in [5.41, 5.74) is 0.357. The number of amides is 1. The molecule has 1 saturated heterocycles. The number of hydrogen-bond donors (Lipinski definition) is 1. The minimum absolute atomic E-state index is 0.335. The molecule has 0 aromatic heterocycles. The first-order valence-electron chi connectivity index (χ1n) is 5.20. The average Bonchev–Trinajstić information content (AvgIpc) is 2.51. The fourth-order valence-corrected chi connectivity index (χ4v) is 1.57. The van der Waals surface area contributed by atoms with Crippen LogP contribution in [0, 0.1) is 0 Å². The number of cyclic esters (lactones) is 1. The molecule has 1 N–H and O–H groups in total. The highest BCUT2D eigenvalue weighted by Crippen LogP contribution is 2.24. The van der Waals surface area contributed by atoms with E-state index in [4.69, 9.17) is 4.74 Å². The molecule has 0 bridgehead atoms. The molecule has 0 saturated carbocycles. The monoisotopic (exact) mass is 249 g/mol. The molecule has 1 unspecified atom stereocenters. The molecule has 1 aliphatic heterocycles. The van der Waals surface area contributed by atoms with Crippen LogP contribution in [0.4, 0.5) is 18.0 Å². The van der Waals surface area contributed by atoms with E-state index >= 15 is 0 Å². The molecule has 17 heavy (non-hydrogen) atoms. The van der Waals surface area contributed by atoms with Gasteiger partial charge in [-0.2, -0.15) is 13.2 Å². The zero-order valence-corrected chi connectivity index (χ0v) is 9.54. The largest absolute Gasteiger partial charge is 0.439 e. The molecule has 1 amide bonds. The third kappa shape index (κ3) is 4.13. The van der Waals surface area contributed by atoms with Gasteiger partial charge in [-0.25, -0.2) is 4.79 Å². The van der Waals surface area contributed by atoms with E-state index in [1.165, 1.54) is 6.08 Å². The molecule has 0 aliphatic carbocycles. The van der Waals surface area contributed by atoms with Crippen molar-refractivity contribution in [2.45, 2.75) is 38.6 Å². The van der Waals surface area contributed by atoms with E-state index < -0.39 is 24.8 Å². The second-order valence-electron chi connectivity index (χ2n) is 3.78. The van der Waals surface area contributed by atoms with Gasteiger partial charge in [0.1, 0.15) is 6.10 Å². The molecule has 0 spiro atoms. The van der Waals surface area contributed by atoms with Crippen LogP contribution in [0.1, 0.15) is 20.3 Å². The van der Waals surface area contributed by atoms with Crippen molar-refractivity contribution in [3.8, 4) is 0 Å². The van der Waals surface area contributed by atoms with Crippen LogP contribution in [-0.4, -0.2) is 24.4 Å². The highest BCUT2D eigenvalue weighted by atomic mass is 19.4. The Bertz CT molecular complexity index is 347. The van der Waals surface area contributed by atoms with Gasteiger partial charge in [0, 0.05) is 0 Å². The minimum atomic E-state index is -4.26. The van der Waals surface area contributed by atoms with E-state index in [1.807, 2.05) is 0 Å². The summed E-state index contributed by atoms with van der Waals surface area (Å²) in [5.74, 6) is 0. The first-order valence-corrected chi connectivity index (χ1v) is 5.20. The summed E-state index contributed by atoms with van der Waals surface area (Å²) in [6, 6.07) is -0.335. The predicted octanol–water partition coefficient (Wildman–Crippen LogP) is 2.94. The number of hydrogen-bond acceptors (Lipinski definition) is 2. The van der Waals surface area contributed by atoms with Crippen LogP contribution in [0.2, 0.25) is 0 Å². The number of carbonyl (C=O) groups excluding carboxylic acids is 1. The van der Waals surface area contributed by atoms with Crippen molar-refractivity contribution in [1.82, 2.24) is 5.32 Å². The van der Waals surface area contributed by atoms with Crippen LogP contribution in [0.5, 0.6) is 0 Å². The zero-order chi connectivity index (χ0) is 13.1. The molecule has 0 aromatic carbocycles. The van der Waals surface area contributed by atoms with Crippen LogP contribution in [-0.2, 0) is 4.74 Å². The lowest BCUT2D eigenvalue weighted by Crippen LogP contribution is -2.28. The fourth-order valence-electron chi connectivity index (χ4n) is 1.57. The number of halogens is 3. The molecule has 1 fully saturated rings. The van der Waals surface area contributed by atoms with Crippen LogP contribution in [0.25, 0.3) is 0 Å². The van der Waals surface area contributed by atoms with E-state index in [-0.39, 0.29) is 6.04 Å². The Hall–Kier alpha value is -1.46. The van der Waals surface area contributed by atoms with Crippen molar-refractivity contribution in [2.24, 2.45) is 0 Å². The number of carbonyl (C=O) groups is 1. The van der Waals surface area contributed by atoms with Gasteiger partial charge in [0.25, 0.3) is 0 Å². The SMILES string of the molecule is C/C=C\C(=C/CC(F)(F)F)[C@H]1OC(=O)NC1C. The van der Waals surface area contributed by atoms with Crippen molar-refractivity contribution in [3.63, 3.8) is 0 Å². The van der Waals surface area contributed by atoms with Gasteiger partial charge in [0.2, 0.25) is 0 Å². The number of ether oxygens (including phenoxy) is 1. The van der Waals surface area contributed by atoms with Gasteiger partial charge in [-0.1, -0.05) is 18.2 Å². The predicted molar refractivity (Wildman–Crippen MR) is 56.4 cm³/mol. The van der Waals surface area contributed by atoms with Gasteiger partial charge in [0.15, 0.2) is 0 Å². The standard InChI is InChI=1S/C11H14F3NO2/c1-3-4-8(5-6-11(12,13)14)9-7(2)15-10(16)17-9/h3-5,7,9H,6H2,1-2H3,(H,15,16)/b4-3-,8-5+/t7?,9-/m0/s1. The Balaban J connectivity index is 2.82. The minimum Gasteiger partial charge on any atom is -0.439 e. The number of nitrogens with one attached hydrogen (secondary N) is 1. The summed E-state index contributed by atoms with van der Waals surface area (Å²) in [4.78, 5) is 11.0. The summed E-state index contributed by atoms with van der Waals surface area (Å²) in [5, 5.41) is 2.49. The highest BCUT2D eigenvalue weighted by molar-refractivity contribution is 5.71. The smallest absolute Gasteiger partial charge is 0.408 e. The van der Waals surface area contributed by atoms with E-state index in [0.29, 0.717) is 5.57 Å². The molecular weight excluding hydrogens is 235 g/mol. The van der Waals surface area contributed by atoms with Gasteiger partial charge in [-0.05, 0) is 19.4 Å². The second-order valence-corrected chi connectivity index (χ2v) is 3.78. The summed E-state index contributed by atoms with van der Waals surface area (Å²) in [7, 11) is 0. The van der Waals surface area contributed by atoms with E-state index in [1.54, 1.807) is 19.9 Å². The first kappa shape index (κ1) is 13.6. The van der Waals surface area contributed by atoms with Crippen molar-refractivity contribution in [1.29, 1.82) is 0 Å². The van der Waals surface area contributed by atoms with Crippen LogP contribution in [0.15, 0.2) is 23.8 Å². The Morgan fingerprint density at radius 3 is 2.59 bits per heavy atom. The lowest BCUT2D eigenvalue weighted by atomic mass is 10.0. The molecule has 2 atom stereocenters. The molecule has 1 rings (SSSR count). The summed E-state index contributed by atoms with van der Waals surface area (Å²) in [6.45, 7) is 3.37. The molecule has 1 heterocycles. The third-order valence-corrected chi connectivity index (χ3v) is 2.29.